The van der Waals surface area contributed by atoms with E-state index in [2.05, 4.69) is 0 Å². The van der Waals surface area contributed by atoms with Gasteiger partial charge < -0.3 is 14.6 Å². The maximum atomic E-state index is 9.43. The standard InChI is InChI=1S/C14H19ClO3/c1-9(16)5-11-6-12(15)14(17-2)13(7-11)18-8-10-3-4-10/h6-7,9-10,16H,3-5,8H2,1-2H3. The Balaban J connectivity index is 2.18. The molecule has 1 aliphatic rings. The predicted octanol–water partition coefficient (Wildman–Crippen LogP) is 3.06. The summed E-state index contributed by atoms with van der Waals surface area (Å²) in [5.41, 5.74) is 0.960. The van der Waals surface area contributed by atoms with Gasteiger partial charge in [-0.3, -0.25) is 0 Å². The molecule has 0 spiro atoms. The Morgan fingerprint density at radius 2 is 2.17 bits per heavy atom. The molecule has 1 aromatic rings. The van der Waals surface area contributed by atoms with Crippen LogP contribution in [0.25, 0.3) is 0 Å². The summed E-state index contributed by atoms with van der Waals surface area (Å²) in [7, 11) is 1.58. The van der Waals surface area contributed by atoms with Gasteiger partial charge in [-0.2, -0.15) is 0 Å². The quantitative estimate of drug-likeness (QED) is 0.863. The minimum atomic E-state index is -0.397. The van der Waals surface area contributed by atoms with Gasteiger partial charge in [0.2, 0.25) is 0 Å². The summed E-state index contributed by atoms with van der Waals surface area (Å²) in [6, 6.07) is 3.72. The largest absolute Gasteiger partial charge is 0.491 e. The lowest BCUT2D eigenvalue weighted by atomic mass is 10.1. The van der Waals surface area contributed by atoms with E-state index in [1.54, 1.807) is 14.0 Å². The number of aliphatic hydroxyl groups is 1. The van der Waals surface area contributed by atoms with Crippen LogP contribution in [0.3, 0.4) is 0 Å². The monoisotopic (exact) mass is 270 g/mol. The van der Waals surface area contributed by atoms with Gasteiger partial charge in [-0.25, -0.2) is 0 Å². The average Bonchev–Trinajstić information content (AvgIpc) is 3.08. The lowest BCUT2D eigenvalue weighted by Gasteiger charge is -2.14. The molecule has 18 heavy (non-hydrogen) atoms. The first-order valence-electron chi connectivity index (χ1n) is 6.27. The van der Waals surface area contributed by atoms with Crippen molar-refractivity contribution in [2.24, 2.45) is 5.92 Å². The number of aliphatic hydroxyl groups excluding tert-OH is 1. The molecule has 0 radical (unpaired) electrons. The predicted molar refractivity (Wildman–Crippen MR) is 71.6 cm³/mol. The van der Waals surface area contributed by atoms with Gasteiger partial charge in [0.25, 0.3) is 0 Å². The summed E-state index contributed by atoms with van der Waals surface area (Å²) in [6.45, 7) is 2.47. The number of methoxy groups -OCH3 is 1. The summed E-state index contributed by atoms with van der Waals surface area (Å²) in [4.78, 5) is 0. The van der Waals surface area contributed by atoms with Crippen LogP contribution < -0.4 is 9.47 Å². The van der Waals surface area contributed by atoms with Gasteiger partial charge in [-0.05, 0) is 49.8 Å². The Morgan fingerprint density at radius 1 is 1.44 bits per heavy atom. The molecule has 3 nitrogen and oxygen atoms in total. The molecule has 1 aliphatic carbocycles. The Hall–Kier alpha value is -0.930. The van der Waals surface area contributed by atoms with E-state index in [0.717, 1.165) is 5.56 Å². The van der Waals surface area contributed by atoms with Crippen molar-refractivity contribution >= 4 is 11.6 Å². The molecule has 1 atom stereocenters. The molecule has 1 fully saturated rings. The third-order valence-corrected chi connectivity index (χ3v) is 3.26. The Morgan fingerprint density at radius 3 is 2.72 bits per heavy atom. The lowest BCUT2D eigenvalue weighted by Crippen LogP contribution is -2.06. The molecule has 4 heteroatoms. The van der Waals surface area contributed by atoms with Crippen LogP contribution in [0.15, 0.2) is 12.1 Å². The van der Waals surface area contributed by atoms with Crippen molar-refractivity contribution in [3.63, 3.8) is 0 Å². The Bertz CT molecular complexity index is 414. The second kappa shape index (κ2) is 5.81. The zero-order valence-electron chi connectivity index (χ0n) is 10.8. The second-order valence-corrected chi connectivity index (χ2v) is 5.32. The van der Waals surface area contributed by atoms with Gasteiger partial charge in [-0.1, -0.05) is 11.6 Å². The van der Waals surface area contributed by atoms with Crippen LogP contribution in [0.5, 0.6) is 11.5 Å². The van der Waals surface area contributed by atoms with Crippen molar-refractivity contribution in [2.45, 2.75) is 32.3 Å². The molecular weight excluding hydrogens is 252 g/mol. The zero-order valence-corrected chi connectivity index (χ0v) is 11.5. The van der Waals surface area contributed by atoms with Gasteiger partial charge in [0.1, 0.15) is 0 Å². The molecule has 1 aromatic carbocycles. The summed E-state index contributed by atoms with van der Waals surface area (Å²) in [6.07, 6.45) is 2.64. The van der Waals surface area contributed by atoms with Crippen molar-refractivity contribution < 1.29 is 14.6 Å². The molecule has 1 N–H and O–H groups in total. The molecule has 0 saturated heterocycles. The Kier molecular flexibility index (Phi) is 4.36. The molecule has 2 rings (SSSR count). The highest BCUT2D eigenvalue weighted by Gasteiger charge is 2.23. The molecule has 1 saturated carbocycles. The molecule has 1 unspecified atom stereocenters. The zero-order chi connectivity index (χ0) is 13.1. The van der Waals surface area contributed by atoms with E-state index in [1.165, 1.54) is 12.8 Å². The molecule has 0 aromatic heterocycles. The van der Waals surface area contributed by atoms with E-state index in [1.807, 2.05) is 12.1 Å². The summed E-state index contributed by atoms with van der Waals surface area (Å²) in [5, 5.41) is 9.96. The van der Waals surface area contributed by atoms with E-state index >= 15 is 0 Å². The smallest absolute Gasteiger partial charge is 0.179 e. The van der Waals surface area contributed by atoms with E-state index < -0.39 is 6.10 Å². The van der Waals surface area contributed by atoms with E-state index in [-0.39, 0.29) is 0 Å². The fourth-order valence-electron chi connectivity index (χ4n) is 1.88. The van der Waals surface area contributed by atoms with E-state index in [4.69, 9.17) is 21.1 Å². The first kappa shape index (κ1) is 13.5. The highest BCUT2D eigenvalue weighted by molar-refractivity contribution is 6.32. The van der Waals surface area contributed by atoms with Crippen LogP contribution >= 0.6 is 11.6 Å². The maximum Gasteiger partial charge on any atom is 0.179 e. The molecule has 100 valence electrons. The van der Waals surface area contributed by atoms with Crippen LogP contribution in [-0.4, -0.2) is 24.9 Å². The van der Waals surface area contributed by atoms with Crippen molar-refractivity contribution in [2.75, 3.05) is 13.7 Å². The normalized spacial score (nSPS) is 16.4. The van der Waals surface area contributed by atoms with Crippen molar-refractivity contribution in [3.05, 3.63) is 22.7 Å². The molecule has 0 amide bonds. The molecule has 0 aliphatic heterocycles. The minimum absolute atomic E-state index is 0.397. The highest BCUT2D eigenvalue weighted by Crippen LogP contribution is 2.38. The van der Waals surface area contributed by atoms with Crippen LogP contribution in [0, 0.1) is 5.92 Å². The summed E-state index contributed by atoms with van der Waals surface area (Å²) >= 11 is 6.16. The third-order valence-electron chi connectivity index (χ3n) is 2.98. The van der Waals surface area contributed by atoms with Crippen molar-refractivity contribution in [3.8, 4) is 11.5 Å². The van der Waals surface area contributed by atoms with Crippen molar-refractivity contribution in [1.29, 1.82) is 0 Å². The van der Waals surface area contributed by atoms with E-state index in [0.29, 0.717) is 35.5 Å². The van der Waals surface area contributed by atoms with Crippen LogP contribution in [-0.2, 0) is 6.42 Å². The summed E-state index contributed by atoms with van der Waals surface area (Å²) in [5.74, 6) is 1.92. The fourth-order valence-corrected chi connectivity index (χ4v) is 2.19. The number of hydrogen-bond acceptors (Lipinski definition) is 3. The molecule has 0 bridgehead atoms. The van der Waals surface area contributed by atoms with Gasteiger partial charge in [0, 0.05) is 0 Å². The Labute approximate surface area is 113 Å². The highest BCUT2D eigenvalue weighted by atomic mass is 35.5. The number of hydrogen-bond donors (Lipinski definition) is 1. The van der Waals surface area contributed by atoms with E-state index in [9.17, 15) is 5.11 Å². The number of rotatable bonds is 6. The molecular formula is C14H19ClO3. The fraction of sp³-hybridized carbons (Fsp3) is 0.571. The number of benzene rings is 1. The van der Waals surface area contributed by atoms with Crippen molar-refractivity contribution in [1.82, 2.24) is 0 Å². The lowest BCUT2D eigenvalue weighted by molar-refractivity contribution is 0.195. The average molecular weight is 271 g/mol. The van der Waals surface area contributed by atoms with Crippen LogP contribution in [0.2, 0.25) is 5.02 Å². The number of halogens is 1. The SMILES string of the molecule is COc1c(Cl)cc(CC(C)O)cc1OCC1CC1. The first-order valence-corrected chi connectivity index (χ1v) is 6.65. The topological polar surface area (TPSA) is 38.7 Å². The van der Waals surface area contributed by atoms with Gasteiger partial charge >= 0.3 is 0 Å². The van der Waals surface area contributed by atoms with Gasteiger partial charge in [-0.15, -0.1) is 0 Å². The third kappa shape index (κ3) is 3.53. The minimum Gasteiger partial charge on any atom is -0.491 e. The maximum absolute atomic E-state index is 9.43. The van der Waals surface area contributed by atoms with Crippen LogP contribution in [0.1, 0.15) is 25.3 Å². The van der Waals surface area contributed by atoms with Gasteiger partial charge in [0.15, 0.2) is 11.5 Å². The second-order valence-electron chi connectivity index (χ2n) is 4.92. The van der Waals surface area contributed by atoms with Gasteiger partial charge in [0.05, 0.1) is 24.8 Å². The molecule has 0 heterocycles. The van der Waals surface area contributed by atoms with Crippen LogP contribution in [0.4, 0.5) is 0 Å². The summed E-state index contributed by atoms with van der Waals surface area (Å²) < 4.78 is 11.0. The number of ether oxygens (including phenoxy) is 2. The first-order chi connectivity index (χ1) is 8.60.